The van der Waals surface area contributed by atoms with Crippen molar-refractivity contribution in [1.29, 1.82) is 0 Å². The predicted octanol–water partition coefficient (Wildman–Crippen LogP) is 2.67. The molecule has 14 heavy (non-hydrogen) atoms. The fourth-order valence-corrected chi connectivity index (χ4v) is 1.53. The highest BCUT2D eigenvalue weighted by Crippen LogP contribution is 2.26. The zero-order valence-electron chi connectivity index (χ0n) is 7.81. The Bertz CT molecular complexity index is 339. The zero-order chi connectivity index (χ0) is 10.6. The van der Waals surface area contributed by atoms with Gasteiger partial charge in [-0.1, -0.05) is 35.3 Å². The Balaban J connectivity index is 2.68. The molecule has 0 aromatic heterocycles. The van der Waals surface area contributed by atoms with Gasteiger partial charge >= 0.3 is 0 Å². The van der Waals surface area contributed by atoms with Crippen LogP contribution in [0.25, 0.3) is 0 Å². The SMILES string of the molecule is CNC(=O)CCc1cccc(Cl)c1Cl. The van der Waals surface area contributed by atoms with Crippen LogP contribution in [0.2, 0.25) is 10.0 Å². The number of halogens is 2. The van der Waals surface area contributed by atoms with Crippen LogP contribution in [0.15, 0.2) is 18.2 Å². The lowest BCUT2D eigenvalue weighted by Crippen LogP contribution is -2.17. The third-order valence-corrected chi connectivity index (χ3v) is 2.79. The highest BCUT2D eigenvalue weighted by Gasteiger charge is 2.05. The lowest BCUT2D eigenvalue weighted by atomic mass is 10.1. The van der Waals surface area contributed by atoms with Crippen molar-refractivity contribution in [3.05, 3.63) is 33.8 Å². The van der Waals surface area contributed by atoms with E-state index in [0.717, 1.165) is 5.56 Å². The number of hydrogen-bond acceptors (Lipinski definition) is 1. The molecule has 1 aromatic rings. The van der Waals surface area contributed by atoms with Crippen LogP contribution in [0.3, 0.4) is 0 Å². The molecule has 0 atom stereocenters. The topological polar surface area (TPSA) is 29.1 Å². The van der Waals surface area contributed by atoms with Gasteiger partial charge in [-0.25, -0.2) is 0 Å². The maximum Gasteiger partial charge on any atom is 0.220 e. The van der Waals surface area contributed by atoms with Gasteiger partial charge in [0.05, 0.1) is 10.0 Å². The first-order chi connectivity index (χ1) is 6.65. The van der Waals surface area contributed by atoms with E-state index in [1.807, 2.05) is 12.1 Å². The summed E-state index contributed by atoms with van der Waals surface area (Å²) in [4.78, 5) is 11.0. The average molecular weight is 232 g/mol. The highest BCUT2D eigenvalue weighted by molar-refractivity contribution is 6.42. The summed E-state index contributed by atoms with van der Waals surface area (Å²) in [5.74, 6) is 0.000965. The molecule has 0 saturated heterocycles. The minimum atomic E-state index is 0.000965. The first kappa shape index (κ1) is 11.3. The maximum atomic E-state index is 11.0. The molecular formula is C10H11Cl2NO. The number of carbonyl (C=O) groups excluding carboxylic acids is 1. The minimum absolute atomic E-state index is 0.000965. The van der Waals surface area contributed by atoms with E-state index in [1.165, 1.54) is 0 Å². The number of amides is 1. The molecule has 0 radical (unpaired) electrons. The van der Waals surface area contributed by atoms with Gasteiger partial charge in [-0.15, -0.1) is 0 Å². The van der Waals surface area contributed by atoms with E-state index in [4.69, 9.17) is 23.2 Å². The van der Waals surface area contributed by atoms with E-state index in [9.17, 15) is 4.79 Å². The third kappa shape index (κ3) is 2.89. The van der Waals surface area contributed by atoms with Gasteiger partial charge in [-0.2, -0.15) is 0 Å². The Morgan fingerprint density at radius 3 is 2.79 bits per heavy atom. The van der Waals surface area contributed by atoms with E-state index in [1.54, 1.807) is 13.1 Å². The van der Waals surface area contributed by atoms with Gasteiger partial charge < -0.3 is 5.32 Å². The Morgan fingerprint density at radius 2 is 2.14 bits per heavy atom. The molecule has 1 amide bonds. The molecule has 0 aliphatic heterocycles. The standard InChI is InChI=1S/C10H11Cl2NO/c1-13-9(14)6-5-7-3-2-4-8(11)10(7)12/h2-4H,5-6H2,1H3,(H,13,14). The molecule has 0 fully saturated rings. The first-order valence-corrected chi connectivity index (χ1v) is 5.04. The summed E-state index contributed by atoms with van der Waals surface area (Å²) in [6, 6.07) is 5.43. The smallest absolute Gasteiger partial charge is 0.220 e. The van der Waals surface area contributed by atoms with E-state index in [-0.39, 0.29) is 5.91 Å². The molecule has 4 heteroatoms. The van der Waals surface area contributed by atoms with Crippen LogP contribution in [0.1, 0.15) is 12.0 Å². The molecule has 1 rings (SSSR count). The lowest BCUT2D eigenvalue weighted by molar-refractivity contribution is -0.120. The maximum absolute atomic E-state index is 11.0. The number of carbonyl (C=O) groups is 1. The molecular weight excluding hydrogens is 221 g/mol. The van der Waals surface area contributed by atoms with Gasteiger partial charge in [-0.3, -0.25) is 4.79 Å². The van der Waals surface area contributed by atoms with Crippen molar-refractivity contribution in [2.75, 3.05) is 7.05 Å². The number of nitrogens with one attached hydrogen (secondary N) is 1. The van der Waals surface area contributed by atoms with Crippen molar-refractivity contribution in [2.45, 2.75) is 12.8 Å². The highest BCUT2D eigenvalue weighted by atomic mass is 35.5. The molecule has 1 aromatic carbocycles. The summed E-state index contributed by atoms with van der Waals surface area (Å²) < 4.78 is 0. The second kappa shape index (κ2) is 5.23. The molecule has 2 nitrogen and oxygen atoms in total. The zero-order valence-corrected chi connectivity index (χ0v) is 9.32. The van der Waals surface area contributed by atoms with Crippen LogP contribution in [-0.2, 0) is 11.2 Å². The summed E-state index contributed by atoms with van der Waals surface area (Å²) in [6.07, 6.45) is 1.04. The Labute approximate surface area is 93.2 Å². The van der Waals surface area contributed by atoms with Gasteiger partial charge in [0.25, 0.3) is 0 Å². The molecule has 0 spiro atoms. The minimum Gasteiger partial charge on any atom is -0.359 e. The molecule has 0 aliphatic rings. The van der Waals surface area contributed by atoms with Crippen molar-refractivity contribution in [3.63, 3.8) is 0 Å². The summed E-state index contributed by atoms with van der Waals surface area (Å²) >= 11 is 11.8. The van der Waals surface area contributed by atoms with Crippen LogP contribution < -0.4 is 5.32 Å². The van der Waals surface area contributed by atoms with Gasteiger partial charge in [0.15, 0.2) is 0 Å². The molecule has 0 saturated carbocycles. The number of aryl methyl sites for hydroxylation is 1. The third-order valence-electron chi connectivity index (χ3n) is 1.93. The molecule has 76 valence electrons. The molecule has 1 N–H and O–H groups in total. The van der Waals surface area contributed by atoms with Gasteiger partial charge in [-0.05, 0) is 18.1 Å². The molecule has 0 heterocycles. The van der Waals surface area contributed by atoms with Gasteiger partial charge in [0.1, 0.15) is 0 Å². The number of rotatable bonds is 3. The van der Waals surface area contributed by atoms with E-state index >= 15 is 0 Å². The molecule has 0 unspecified atom stereocenters. The van der Waals surface area contributed by atoms with Crippen LogP contribution in [-0.4, -0.2) is 13.0 Å². The average Bonchev–Trinajstić information content (AvgIpc) is 2.20. The summed E-state index contributed by atoms with van der Waals surface area (Å²) in [7, 11) is 1.61. The second-order valence-electron chi connectivity index (χ2n) is 2.89. The van der Waals surface area contributed by atoms with E-state index in [0.29, 0.717) is 22.9 Å². The normalized spacial score (nSPS) is 9.93. The van der Waals surface area contributed by atoms with Crippen LogP contribution in [0, 0.1) is 0 Å². The fourth-order valence-electron chi connectivity index (χ4n) is 1.11. The van der Waals surface area contributed by atoms with Crippen LogP contribution in [0.5, 0.6) is 0 Å². The number of benzene rings is 1. The Hall–Kier alpha value is -0.730. The Kier molecular flexibility index (Phi) is 4.23. The van der Waals surface area contributed by atoms with Gasteiger partial charge in [0.2, 0.25) is 5.91 Å². The van der Waals surface area contributed by atoms with Crippen LogP contribution >= 0.6 is 23.2 Å². The van der Waals surface area contributed by atoms with Crippen molar-refractivity contribution in [1.82, 2.24) is 5.32 Å². The fraction of sp³-hybridized carbons (Fsp3) is 0.300. The largest absolute Gasteiger partial charge is 0.359 e. The monoisotopic (exact) mass is 231 g/mol. The summed E-state index contributed by atoms with van der Waals surface area (Å²) in [6.45, 7) is 0. The predicted molar refractivity (Wildman–Crippen MR) is 58.8 cm³/mol. The van der Waals surface area contributed by atoms with E-state index in [2.05, 4.69) is 5.32 Å². The number of hydrogen-bond donors (Lipinski definition) is 1. The quantitative estimate of drug-likeness (QED) is 0.852. The van der Waals surface area contributed by atoms with Crippen molar-refractivity contribution >= 4 is 29.1 Å². The molecule has 0 aliphatic carbocycles. The van der Waals surface area contributed by atoms with Gasteiger partial charge in [0, 0.05) is 13.5 Å². The van der Waals surface area contributed by atoms with E-state index < -0.39 is 0 Å². The van der Waals surface area contributed by atoms with Crippen LogP contribution in [0.4, 0.5) is 0 Å². The van der Waals surface area contributed by atoms with Crippen molar-refractivity contribution in [3.8, 4) is 0 Å². The summed E-state index contributed by atoms with van der Waals surface area (Å²) in [5.41, 5.74) is 0.905. The lowest BCUT2D eigenvalue weighted by Gasteiger charge is -2.04. The second-order valence-corrected chi connectivity index (χ2v) is 3.67. The Morgan fingerprint density at radius 1 is 1.43 bits per heavy atom. The summed E-state index contributed by atoms with van der Waals surface area (Å²) in [5, 5.41) is 3.62. The van der Waals surface area contributed by atoms with Crippen molar-refractivity contribution < 1.29 is 4.79 Å². The first-order valence-electron chi connectivity index (χ1n) is 4.28. The molecule has 0 bridgehead atoms. The van der Waals surface area contributed by atoms with Crippen molar-refractivity contribution in [2.24, 2.45) is 0 Å².